The summed E-state index contributed by atoms with van der Waals surface area (Å²) >= 11 is 5.77. The molecular weight excluding hydrogens is 282 g/mol. The summed E-state index contributed by atoms with van der Waals surface area (Å²) in [6.07, 6.45) is 0. The molecule has 6 heteroatoms. The van der Waals surface area contributed by atoms with Crippen LogP contribution in [0.1, 0.15) is 11.1 Å². The summed E-state index contributed by atoms with van der Waals surface area (Å²) in [5, 5.41) is 20.0. The van der Waals surface area contributed by atoms with Crippen LogP contribution in [0.3, 0.4) is 0 Å². The van der Waals surface area contributed by atoms with Crippen molar-refractivity contribution in [3.05, 3.63) is 63.7 Å². The van der Waals surface area contributed by atoms with E-state index >= 15 is 0 Å². The molecule has 0 aromatic heterocycles. The van der Waals surface area contributed by atoms with Gasteiger partial charge in [-0.15, -0.1) is 11.6 Å². The van der Waals surface area contributed by atoms with Gasteiger partial charge in [0.05, 0.1) is 10.8 Å². The van der Waals surface area contributed by atoms with Crippen LogP contribution in [-0.2, 0) is 12.5 Å². The molecule has 0 amide bonds. The van der Waals surface area contributed by atoms with Crippen LogP contribution in [0.5, 0.6) is 11.5 Å². The van der Waals surface area contributed by atoms with E-state index in [9.17, 15) is 15.2 Å². The number of nitro groups is 1. The van der Waals surface area contributed by atoms with E-state index in [1.165, 1.54) is 18.2 Å². The first-order valence-corrected chi connectivity index (χ1v) is 6.37. The molecule has 5 nitrogen and oxygen atoms in total. The van der Waals surface area contributed by atoms with Gasteiger partial charge in [-0.2, -0.15) is 0 Å². The zero-order chi connectivity index (χ0) is 14.5. The van der Waals surface area contributed by atoms with Gasteiger partial charge < -0.3 is 9.84 Å². The minimum atomic E-state index is -0.477. The van der Waals surface area contributed by atoms with Gasteiger partial charge in [0.2, 0.25) is 0 Å². The molecule has 1 N–H and O–H groups in total. The number of ether oxygens (including phenoxy) is 1. The molecule has 2 aromatic carbocycles. The number of non-ortho nitro benzene ring substituents is 1. The molecule has 0 aliphatic carbocycles. The van der Waals surface area contributed by atoms with Crippen LogP contribution in [0, 0.1) is 10.1 Å². The molecule has 0 saturated heterocycles. The largest absolute Gasteiger partial charge is 0.508 e. The van der Waals surface area contributed by atoms with Gasteiger partial charge in [0.15, 0.2) is 0 Å². The van der Waals surface area contributed by atoms with Gasteiger partial charge in [0, 0.05) is 17.7 Å². The van der Waals surface area contributed by atoms with Gasteiger partial charge in [0.1, 0.15) is 18.1 Å². The van der Waals surface area contributed by atoms with Crippen molar-refractivity contribution in [2.45, 2.75) is 12.5 Å². The van der Waals surface area contributed by atoms with Crippen LogP contribution < -0.4 is 4.74 Å². The van der Waals surface area contributed by atoms with Crippen molar-refractivity contribution in [2.75, 3.05) is 0 Å². The second-order valence-corrected chi connectivity index (χ2v) is 4.41. The maximum atomic E-state index is 10.7. The monoisotopic (exact) mass is 293 g/mol. The minimum absolute atomic E-state index is 0.0228. The highest BCUT2D eigenvalue weighted by Gasteiger charge is 2.11. The number of halogens is 1. The zero-order valence-electron chi connectivity index (χ0n) is 10.5. The molecule has 2 aromatic rings. The third kappa shape index (κ3) is 3.39. The van der Waals surface area contributed by atoms with Crippen LogP contribution >= 0.6 is 11.6 Å². The first-order valence-electron chi connectivity index (χ1n) is 5.84. The maximum Gasteiger partial charge on any atom is 0.270 e. The van der Waals surface area contributed by atoms with Gasteiger partial charge in [-0.1, -0.05) is 12.1 Å². The summed E-state index contributed by atoms with van der Waals surface area (Å²) in [5.41, 5.74) is 1.33. The summed E-state index contributed by atoms with van der Waals surface area (Å²) in [6, 6.07) is 11.0. The molecule has 0 spiro atoms. The van der Waals surface area contributed by atoms with E-state index in [-0.39, 0.29) is 23.9 Å². The Morgan fingerprint density at radius 2 is 2.05 bits per heavy atom. The molecular formula is C14H12ClNO4. The van der Waals surface area contributed by atoms with Crippen molar-refractivity contribution in [1.82, 2.24) is 0 Å². The number of benzene rings is 2. The second kappa shape index (κ2) is 6.25. The zero-order valence-corrected chi connectivity index (χ0v) is 11.2. The Kier molecular flexibility index (Phi) is 4.42. The van der Waals surface area contributed by atoms with Crippen molar-refractivity contribution in [3.63, 3.8) is 0 Å². The maximum absolute atomic E-state index is 10.7. The Labute approximate surface area is 120 Å². The lowest BCUT2D eigenvalue weighted by molar-refractivity contribution is -0.384. The number of nitrogens with zero attached hydrogens (tertiary/aromatic N) is 1. The van der Waals surface area contributed by atoms with Crippen LogP contribution in [0.15, 0.2) is 42.5 Å². The molecule has 0 fully saturated rings. The number of rotatable bonds is 5. The Balaban J connectivity index is 2.15. The molecule has 0 saturated carbocycles. The molecule has 0 heterocycles. The van der Waals surface area contributed by atoms with Crippen molar-refractivity contribution in [2.24, 2.45) is 0 Å². The van der Waals surface area contributed by atoms with Gasteiger partial charge in [0.25, 0.3) is 5.69 Å². The summed E-state index contributed by atoms with van der Waals surface area (Å²) < 4.78 is 5.59. The summed E-state index contributed by atoms with van der Waals surface area (Å²) in [4.78, 5) is 10.2. The summed E-state index contributed by atoms with van der Waals surface area (Å²) in [7, 11) is 0. The number of alkyl halides is 1. The van der Waals surface area contributed by atoms with Gasteiger partial charge in [-0.05, 0) is 23.8 Å². The van der Waals surface area contributed by atoms with E-state index in [0.717, 1.165) is 5.56 Å². The standard InChI is InChI=1S/C14H12ClNO4/c15-8-11-7-12(16(18)19)4-5-14(11)20-9-10-2-1-3-13(17)6-10/h1-7,17H,8-9H2. The Hall–Kier alpha value is -2.27. The van der Waals surface area contributed by atoms with Crippen molar-refractivity contribution >= 4 is 17.3 Å². The third-order valence-electron chi connectivity index (χ3n) is 2.70. The van der Waals surface area contributed by atoms with Crippen LogP contribution in [-0.4, -0.2) is 10.0 Å². The van der Waals surface area contributed by atoms with Crippen molar-refractivity contribution in [1.29, 1.82) is 0 Å². The first-order chi connectivity index (χ1) is 9.60. The quantitative estimate of drug-likeness (QED) is 0.519. The van der Waals surface area contributed by atoms with E-state index < -0.39 is 4.92 Å². The number of phenolic OH excluding ortho intramolecular Hbond substituents is 1. The highest BCUT2D eigenvalue weighted by Crippen LogP contribution is 2.26. The van der Waals surface area contributed by atoms with E-state index in [4.69, 9.17) is 16.3 Å². The lowest BCUT2D eigenvalue weighted by atomic mass is 10.2. The average molecular weight is 294 g/mol. The fraction of sp³-hybridized carbons (Fsp3) is 0.143. The summed E-state index contributed by atoms with van der Waals surface area (Å²) in [5.74, 6) is 0.776. The fourth-order valence-corrected chi connectivity index (χ4v) is 1.94. The topological polar surface area (TPSA) is 72.6 Å². The second-order valence-electron chi connectivity index (χ2n) is 4.14. The normalized spacial score (nSPS) is 10.2. The van der Waals surface area contributed by atoms with Crippen molar-refractivity contribution < 1.29 is 14.8 Å². The number of hydrogen-bond acceptors (Lipinski definition) is 4. The molecule has 2 rings (SSSR count). The predicted octanol–water partition coefficient (Wildman–Crippen LogP) is 3.62. The number of aromatic hydroxyl groups is 1. The SMILES string of the molecule is O=[N+]([O-])c1ccc(OCc2cccc(O)c2)c(CCl)c1. The van der Waals surface area contributed by atoms with Crippen LogP contribution in [0.2, 0.25) is 0 Å². The predicted molar refractivity (Wildman–Crippen MR) is 75.1 cm³/mol. The van der Waals surface area contributed by atoms with E-state index in [1.807, 2.05) is 6.07 Å². The number of nitro benzene ring substituents is 1. The molecule has 0 radical (unpaired) electrons. The molecule has 0 atom stereocenters. The molecule has 0 aliphatic heterocycles. The van der Waals surface area contributed by atoms with Gasteiger partial charge in [-0.25, -0.2) is 0 Å². The third-order valence-corrected chi connectivity index (χ3v) is 2.99. The van der Waals surface area contributed by atoms with Crippen LogP contribution in [0.4, 0.5) is 5.69 Å². The Morgan fingerprint density at radius 1 is 1.25 bits per heavy atom. The van der Waals surface area contributed by atoms with Crippen molar-refractivity contribution in [3.8, 4) is 11.5 Å². The highest BCUT2D eigenvalue weighted by molar-refractivity contribution is 6.17. The molecule has 0 aliphatic rings. The highest BCUT2D eigenvalue weighted by atomic mass is 35.5. The fourth-order valence-electron chi connectivity index (χ4n) is 1.73. The summed E-state index contributed by atoms with van der Waals surface area (Å²) in [6.45, 7) is 0.246. The Bertz CT molecular complexity index is 630. The van der Waals surface area contributed by atoms with Crippen LogP contribution in [0.25, 0.3) is 0 Å². The number of hydrogen-bond donors (Lipinski definition) is 1. The lowest BCUT2D eigenvalue weighted by Gasteiger charge is -2.10. The van der Waals surface area contributed by atoms with E-state index in [2.05, 4.69) is 0 Å². The van der Waals surface area contributed by atoms with E-state index in [0.29, 0.717) is 11.3 Å². The smallest absolute Gasteiger partial charge is 0.270 e. The van der Waals surface area contributed by atoms with E-state index in [1.54, 1.807) is 18.2 Å². The van der Waals surface area contributed by atoms with Gasteiger partial charge >= 0.3 is 0 Å². The lowest BCUT2D eigenvalue weighted by Crippen LogP contribution is -1.99. The molecule has 104 valence electrons. The molecule has 0 unspecified atom stereocenters. The average Bonchev–Trinajstić information content (AvgIpc) is 2.45. The molecule has 20 heavy (non-hydrogen) atoms. The van der Waals surface area contributed by atoms with Gasteiger partial charge in [-0.3, -0.25) is 10.1 Å². The Morgan fingerprint density at radius 3 is 2.70 bits per heavy atom. The first kappa shape index (κ1) is 14.1. The number of phenols is 1. The molecule has 0 bridgehead atoms. The minimum Gasteiger partial charge on any atom is -0.508 e.